The van der Waals surface area contributed by atoms with Gasteiger partial charge in [-0.15, -0.1) is 0 Å². The summed E-state index contributed by atoms with van der Waals surface area (Å²) in [7, 11) is 3.52. The smallest absolute Gasteiger partial charge is 0.152 e. The molecule has 0 fully saturated rings. The van der Waals surface area contributed by atoms with E-state index >= 15 is 0 Å². The van der Waals surface area contributed by atoms with Crippen molar-refractivity contribution in [2.45, 2.75) is 25.7 Å². The minimum Gasteiger partial charge on any atom is -0.252 e. The zero-order valence-corrected chi connectivity index (χ0v) is 13.5. The maximum Gasteiger partial charge on any atom is 0.152 e. The Balaban J connectivity index is 2.79. The molecule has 0 spiro atoms. The van der Waals surface area contributed by atoms with Crippen molar-refractivity contribution in [3.63, 3.8) is 0 Å². The summed E-state index contributed by atoms with van der Waals surface area (Å²) >= 11 is 12.3. The van der Waals surface area contributed by atoms with E-state index in [2.05, 4.69) is 20.8 Å². The summed E-state index contributed by atoms with van der Waals surface area (Å²) in [4.78, 5) is 0.971. The van der Waals surface area contributed by atoms with E-state index < -0.39 is 0 Å². The van der Waals surface area contributed by atoms with Crippen molar-refractivity contribution in [2.75, 3.05) is 19.6 Å². The molecule has 17 heavy (non-hydrogen) atoms. The predicted octanol–water partition coefficient (Wildman–Crippen LogP) is 5.53. The third kappa shape index (κ3) is 3.97. The third-order valence-corrected chi connectivity index (χ3v) is 7.22. The fourth-order valence-electron chi connectivity index (χ4n) is 1.51. The maximum absolute atomic E-state index is 6.16. The van der Waals surface area contributed by atoms with E-state index in [1.165, 1.54) is 0 Å². The molecule has 0 aliphatic heterocycles. The monoisotopic (exact) mass is 310 g/mol. The van der Waals surface area contributed by atoms with Gasteiger partial charge in [-0.05, 0) is 32.9 Å². The Kier molecular flexibility index (Phi) is 6.52. The Hall–Kier alpha value is 0.460. The molecule has 0 bridgehead atoms. The molecular weight excluding hydrogens is 293 g/mol. The van der Waals surface area contributed by atoms with Crippen LogP contribution in [0.2, 0.25) is 10.0 Å². The van der Waals surface area contributed by atoms with Crippen molar-refractivity contribution in [3.05, 3.63) is 28.2 Å². The quantitative estimate of drug-likeness (QED) is 0.385. The van der Waals surface area contributed by atoms with E-state index in [1.807, 2.05) is 29.2 Å². The molecule has 0 aliphatic rings. The Bertz CT molecular complexity index is 339. The van der Waals surface area contributed by atoms with Gasteiger partial charge in [0.25, 0.3) is 0 Å². The van der Waals surface area contributed by atoms with Gasteiger partial charge in [-0.1, -0.05) is 29.3 Å². The van der Waals surface area contributed by atoms with E-state index in [0.717, 1.165) is 38.5 Å². The van der Waals surface area contributed by atoms with Gasteiger partial charge >= 0.3 is 0 Å². The average Bonchev–Trinajstić information content (AvgIpc) is 2.34. The lowest BCUT2D eigenvalue weighted by molar-refractivity contribution is -0.787. The zero-order chi connectivity index (χ0) is 12.9. The number of rotatable bonds is 6. The van der Waals surface area contributed by atoms with E-state index in [4.69, 9.17) is 23.2 Å². The first-order valence-electron chi connectivity index (χ1n) is 5.75. The van der Waals surface area contributed by atoms with Crippen molar-refractivity contribution in [2.24, 2.45) is 0 Å². The number of nitrogens with zero attached hydrogens (tertiary/aromatic N) is 1. The summed E-state index contributed by atoms with van der Waals surface area (Å²) in [5, 5.41) is 1.47. The van der Waals surface area contributed by atoms with Crippen LogP contribution in [0.3, 0.4) is 0 Å². The molecule has 96 valence electrons. The van der Waals surface area contributed by atoms with Crippen molar-refractivity contribution >= 4 is 45.0 Å². The lowest BCUT2D eigenvalue weighted by Gasteiger charge is -2.31. The highest BCUT2D eigenvalue weighted by Gasteiger charge is 2.25. The van der Waals surface area contributed by atoms with Gasteiger partial charge in [0, 0.05) is 10.8 Å². The van der Waals surface area contributed by atoms with Crippen molar-refractivity contribution in [3.8, 4) is 0 Å². The Morgan fingerprint density at radius 3 is 1.88 bits per heavy atom. The molecule has 1 aromatic rings. The summed E-state index contributed by atoms with van der Waals surface area (Å²) < 4.78 is 1.01. The molecule has 0 atom stereocenters. The lowest BCUT2D eigenvalue weighted by atomic mass is 10.4. The van der Waals surface area contributed by atoms with Gasteiger partial charge in [0.05, 0.1) is 34.6 Å². The molecule has 0 saturated carbocycles. The van der Waals surface area contributed by atoms with Crippen LogP contribution in [-0.4, -0.2) is 23.5 Å². The number of quaternary nitrogens is 1. The number of benzene rings is 1. The summed E-state index contributed by atoms with van der Waals surface area (Å²) in [6.07, 6.45) is 0. The molecule has 0 saturated heterocycles. The summed E-state index contributed by atoms with van der Waals surface area (Å²) in [5.74, 6) is 0. The van der Waals surface area contributed by atoms with Gasteiger partial charge in [-0.2, -0.15) is 0 Å². The zero-order valence-electron chi connectivity index (χ0n) is 10.4. The number of hydrogen-bond acceptors (Lipinski definition) is 2. The van der Waals surface area contributed by atoms with E-state index in [-0.39, 0.29) is 0 Å². The van der Waals surface area contributed by atoms with Crippen LogP contribution in [0.1, 0.15) is 20.8 Å². The first-order chi connectivity index (χ1) is 8.08. The van der Waals surface area contributed by atoms with Crippen LogP contribution < -0.4 is 0 Å². The van der Waals surface area contributed by atoms with Gasteiger partial charge in [0.15, 0.2) is 11.0 Å². The second kappa shape index (κ2) is 7.15. The Morgan fingerprint density at radius 2 is 1.47 bits per heavy atom. The van der Waals surface area contributed by atoms with E-state index in [1.54, 1.807) is 10.8 Å². The molecule has 0 amide bonds. The van der Waals surface area contributed by atoms with Crippen LogP contribution in [0.25, 0.3) is 0 Å². The van der Waals surface area contributed by atoms with Gasteiger partial charge in [-0.3, -0.25) is 3.89 Å². The molecule has 0 radical (unpaired) electrons. The summed E-state index contributed by atoms with van der Waals surface area (Å²) in [6.45, 7) is 9.96. The first kappa shape index (κ1) is 15.5. The Labute approximate surface area is 122 Å². The highest BCUT2D eigenvalue weighted by atomic mass is 35.5. The standard InChI is InChI=1S/C12H18Cl2NS2/c1-4-15(5-2,6-3)17-16-12-10(13)8-7-9-11(12)14/h7-9H,4-6H2,1-3H3/q+1. The van der Waals surface area contributed by atoms with Crippen LogP contribution in [0, 0.1) is 0 Å². The minimum absolute atomic E-state index is 0.733. The van der Waals surface area contributed by atoms with Gasteiger partial charge in [0.2, 0.25) is 0 Å². The van der Waals surface area contributed by atoms with Crippen LogP contribution in [-0.2, 0) is 0 Å². The van der Waals surface area contributed by atoms with Crippen LogP contribution in [0.15, 0.2) is 23.1 Å². The van der Waals surface area contributed by atoms with Crippen molar-refractivity contribution in [1.29, 1.82) is 0 Å². The van der Waals surface area contributed by atoms with E-state index in [0.29, 0.717) is 0 Å². The average molecular weight is 311 g/mol. The normalized spacial score (nSPS) is 11.8. The summed E-state index contributed by atoms with van der Waals surface area (Å²) in [6, 6.07) is 5.64. The molecular formula is C12H18Cl2NS2+. The lowest BCUT2D eigenvalue weighted by Crippen LogP contribution is -2.39. The predicted molar refractivity (Wildman–Crippen MR) is 81.8 cm³/mol. The molecule has 0 heterocycles. The maximum atomic E-state index is 6.16. The number of hydrogen-bond donors (Lipinski definition) is 0. The highest BCUT2D eigenvalue weighted by Crippen LogP contribution is 2.45. The van der Waals surface area contributed by atoms with Gasteiger partial charge in [-0.25, -0.2) is 0 Å². The second-order valence-electron chi connectivity index (χ2n) is 3.72. The molecule has 1 rings (SSSR count). The van der Waals surface area contributed by atoms with Crippen molar-refractivity contribution in [1.82, 2.24) is 0 Å². The topological polar surface area (TPSA) is 0 Å². The van der Waals surface area contributed by atoms with Crippen LogP contribution >= 0.6 is 45.0 Å². The molecule has 1 aromatic carbocycles. The Morgan fingerprint density at radius 1 is 1.00 bits per heavy atom. The second-order valence-corrected chi connectivity index (χ2v) is 6.98. The fourth-order valence-corrected chi connectivity index (χ4v) is 5.44. The van der Waals surface area contributed by atoms with Crippen LogP contribution in [0.4, 0.5) is 0 Å². The minimum atomic E-state index is 0.733. The first-order valence-corrected chi connectivity index (χ1v) is 8.61. The van der Waals surface area contributed by atoms with E-state index in [9.17, 15) is 0 Å². The molecule has 0 aliphatic carbocycles. The highest BCUT2D eigenvalue weighted by molar-refractivity contribution is 8.74. The molecule has 0 N–H and O–H groups in total. The number of halogens is 2. The van der Waals surface area contributed by atoms with Crippen LogP contribution in [0.5, 0.6) is 0 Å². The fraction of sp³-hybridized carbons (Fsp3) is 0.500. The molecule has 0 unspecified atom stereocenters. The van der Waals surface area contributed by atoms with Gasteiger partial charge in [0.1, 0.15) is 0 Å². The molecule has 5 heteroatoms. The third-order valence-electron chi connectivity index (χ3n) is 2.93. The largest absolute Gasteiger partial charge is 0.252 e. The van der Waals surface area contributed by atoms with Crippen molar-refractivity contribution < 1.29 is 3.89 Å². The van der Waals surface area contributed by atoms with Gasteiger partial charge < -0.3 is 0 Å². The molecule has 0 aromatic heterocycles. The SMILES string of the molecule is CC[N+](CC)(CC)SSc1c(Cl)cccc1Cl. The summed E-state index contributed by atoms with van der Waals surface area (Å²) in [5.41, 5.74) is 0. The molecule has 1 nitrogen and oxygen atoms in total.